The first-order valence-corrected chi connectivity index (χ1v) is 9.01. The average Bonchev–Trinajstić information content (AvgIpc) is 3.35. The molecule has 1 fully saturated rings. The van der Waals surface area contributed by atoms with Crippen LogP contribution >= 0.6 is 15.9 Å². The summed E-state index contributed by atoms with van der Waals surface area (Å²) in [6.07, 6.45) is 1.28. The van der Waals surface area contributed by atoms with E-state index in [1.165, 1.54) is 10.9 Å². The zero-order valence-corrected chi connectivity index (χ0v) is 14.8. The highest BCUT2D eigenvalue weighted by Crippen LogP contribution is 2.42. The van der Waals surface area contributed by atoms with Crippen molar-refractivity contribution in [2.45, 2.75) is 37.8 Å². The van der Waals surface area contributed by atoms with Gasteiger partial charge in [-0.2, -0.15) is 5.10 Å². The number of hydrogen-bond acceptors (Lipinski definition) is 3. The number of rotatable bonds is 4. The van der Waals surface area contributed by atoms with Gasteiger partial charge >= 0.3 is 0 Å². The Morgan fingerprint density at radius 1 is 1.32 bits per heavy atom. The lowest BCUT2D eigenvalue weighted by molar-refractivity contribution is 0.0644. The minimum atomic E-state index is -2.51. The van der Waals surface area contributed by atoms with Crippen molar-refractivity contribution in [3.05, 3.63) is 40.5 Å². The summed E-state index contributed by atoms with van der Waals surface area (Å²) in [5, 5.41) is 10.1. The molecule has 2 heterocycles. The van der Waals surface area contributed by atoms with Gasteiger partial charge in [-0.05, 0) is 49.4 Å². The number of hydrogen-bond donors (Lipinski definition) is 2. The predicted molar refractivity (Wildman–Crippen MR) is 94.1 cm³/mol. The SMILES string of the molecule is O=C(Nc1ccc(Br)cc1)c1cnn2c1N[C@@H](C1CC1)C[C@H]2C(F)F. The van der Waals surface area contributed by atoms with Gasteiger partial charge in [-0.25, -0.2) is 13.5 Å². The van der Waals surface area contributed by atoms with Crippen molar-refractivity contribution in [3.63, 3.8) is 0 Å². The van der Waals surface area contributed by atoms with Gasteiger partial charge in [-0.3, -0.25) is 4.79 Å². The predicted octanol–water partition coefficient (Wildman–Crippen LogP) is 4.30. The molecule has 1 amide bonds. The second kappa shape index (κ2) is 6.40. The average molecular weight is 411 g/mol. The topological polar surface area (TPSA) is 59.0 Å². The van der Waals surface area contributed by atoms with Crippen molar-refractivity contribution in [1.82, 2.24) is 9.78 Å². The maximum absolute atomic E-state index is 13.5. The number of halogens is 3. The van der Waals surface area contributed by atoms with Crippen molar-refractivity contribution < 1.29 is 13.6 Å². The van der Waals surface area contributed by atoms with E-state index in [0.717, 1.165) is 17.3 Å². The van der Waals surface area contributed by atoms with Crippen LogP contribution in [-0.4, -0.2) is 28.2 Å². The van der Waals surface area contributed by atoms with Crippen molar-refractivity contribution >= 4 is 33.3 Å². The molecular formula is C17H17BrF2N4O. The molecule has 2 N–H and O–H groups in total. The molecule has 0 bridgehead atoms. The molecule has 4 rings (SSSR count). The van der Waals surface area contributed by atoms with Gasteiger partial charge in [-0.1, -0.05) is 15.9 Å². The fraction of sp³-hybridized carbons (Fsp3) is 0.412. The Morgan fingerprint density at radius 2 is 2.04 bits per heavy atom. The highest BCUT2D eigenvalue weighted by Gasteiger charge is 2.41. The van der Waals surface area contributed by atoms with E-state index in [-0.39, 0.29) is 11.9 Å². The normalized spacial score (nSPS) is 22.4. The van der Waals surface area contributed by atoms with Gasteiger partial charge in [0.25, 0.3) is 12.3 Å². The first-order chi connectivity index (χ1) is 12.0. The third-order valence-electron chi connectivity index (χ3n) is 4.76. The summed E-state index contributed by atoms with van der Waals surface area (Å²) in [6, 6.07) is 6.15. The fourth-order valence-corrected chi connectivity index (χ4v) is 3.53. The lowest BCUT2D eigenvalue weighted by Crippen LogP contribution is -2.37. The summed E-state index contributed by atoms with van der Waals surface area (Å²) in [5.41, 5.74) is 0.923. The number of nitrogens with one attached hydrogen (secondary N) is 2. The van der Waals surface area contributed by atoms with Crippen LogP contribution in [0.5, 0.6) is 0 Å². The lowest BCUT2D eigenvalue weighted by Gasteiger charge is -2.32. The number of carbonyl (C=O) groups excluding carboxylic acids is 1. The van der Waals surface area contributed by atoms with Crippen molar-refractivity contribution in [2.75, 3.05) is 10.6 Å². The fourth-order valence-electron chi connectivity index (χ4n) is 3.27. The van der Waals surface area contributed by atoms with E-state index < -0.39 is 12.5 Å². The maximum atomic E-state index is 13.5. The molecule has 8 heteroatoms. The second-order valence-electron chi connectivity index (χ2n) is 6.54. The lowest BCUT2D eigenvalue weighted by atomic mass is 10.00. The number of alkyl halides is 2. The smallest absolute Gasteiger partial charge is 0.261 e. The van der Waals surface area contributed by atoms with E-state index in [2.05, 4.69) is 31.7 Å². The minimum Gasteiger partial charge on any atom is -0.367 e. The van der Waals surface area contributed by atoms with Gasteiger partial charge in [-0.15, -0.1) is 0 Å². The molecule has 0 unspecified atom stereocenters. The summed E-state index contributed by atoms with van der Waals surface area (Å²) in [5.74, 6) is 0.441. The van der Waals surface area contributed by atoms with Crippen molar-refractivity contribution in [3.8, 4) is 0 Å². The zero-order valence-electron chi connectivity index (χ0n) is 13.3. The molecule has 0 radical (unpaired) electrons. The van der Waals surface area contributed by atoms with Crippen LogP contribution in [0.3, 0.4) is 0 Å². The Balaban J connectivity index is 1.60. The van der Waals surface area contributed by atoms with Crippen LogP contribution in [0.4, 0.5) is 20.3 Å². The summed E-state index contributed by atoms with van der Waals surface area (Å²) in [6.45, 7) is 0. The molecule has 1 aliphatic carbocycles. The number of benzene rings is 1. The quantitative estimate of drug-likeness (QED) is 0.789. The summed E-state index contributed by atoms with van der Waals surface area (Å²) in [7, 11) is 0. The number of fused-ring (bicyclic) bond motifs is 1. The number of anilines is 2. The Bertz CT molecular complexity index is 788. The van der Waals surface area contributed by atoms with Gasteiger partial charge < -0.3 is 10.6 Å². The summed E-state index contributed by atoms with van der Waals surface area (Å²) in [4.78, 5) is 12.6. The number of carbonyl (C=O) groups is 1. The van der Waals surface area contributed by atoms with E-state index in [1.807, 2.05) is 12.1 Å². The van der Waals surface area contributed by atoms with Gasteiger partial charge in [0.2, 0.25) is 0 Å². The van der Waals surface area contributed by atoms with Crippen LogP contribution < -0.4 is 10.6 Å². The van der Waals surface area contributed by atoms with Gasteiger partial charge in [0.1, 0.15) is 17.4 Å². The Kier molecular flexibility index (Phi) is 4.23. The minimum absolute atomic E-state index is 0.0255. The van der Waals surface area contributed by atoms with E-state index in [0.29, 0.717) is 29.4 Å². The van der Waals surface area contributed by atoms with Crippen LogP contribution in [0, 0.1) is 5.92 Å². The molecule has 1 saturated carbocycles. The first kappa shape index (κ1) is 16.5. The molecule has 1 aliphatic heterocycles. The molecule has 0 spiro atoms. The molecule has 0 saturated heterocycles. The first-order valence-electron chi connectivity index (χ1n) is 8.22. The Labute approximate surface area is 151 Å². The molecular weight excluding hydrogens is 394 g/mol. The summed E-state index contributed by atoms with van der Waals surface area (Å²) >= 11 is 3.34. The van der Waals surface area contributed by atoms with E-state index in [4.69, 9.17) is 0 Å². The third-order valence-corrected chi connectivity index (χ3v) is 5.28. The molecule has 2 aliphatic rings. The molecule has 1 aromatic carbocycles. The largest absolute Gasteiger partial charge is 0.367 e. The number of amides is 1. The van der Waals surface area contributed by atoms with Crippen LogP contribution in [-0.2, 0) is 0 Å². The molecule has 25 heavy (non-hydrogen) atoms. The molecule has 1 aromatic heterocycles. The number of aromatic nitrogens is 2. The molecule has 5 nitrogen and oxygen atoms in total. The van der Waals surface area contributed by atoms with E-state index >= 15 is 0 Å². The second-order valence-corrected chi connectivity index (χ2v) is 7.45. The highest BCUT2D eigenvalue weighted by atomic mass is 79.9. The van der Waals surface area contributed by atoms with E-state index in [1.54, 1.807) is 12.1 Å². The van der Waals surface area contributed by atoms with E-state index in [9.17, 15) is 13.6 Å². The van der Waals surface area contributed by atoms with Crippen LogP contribution in [0.1, 0.15) is 35.7 Å². The van der Waals surface area contributed by atoms with Gasteiger partial charge in [0.15, 0.2) is 0 Å². The Hall–Kier alpha value is -1.96. The molecule has 2 aromatic rings. The standard InChI is InChI=1S/C17H17BrF2N4O/c18-10-3-5-11(6-4-10)22-17(25)12-8-21-24-14(15(19)20)7-13(9-1-2-9)23-16(12)24/h3-6,8-9,13-15,23H,1-2,7H2,(H,22,25)/t13-,14+/m1/s1. The zero-order chi connectivity index (χ0) is 17.6. The van der Waals surface area contributed by atoms with Gasteiger partial charge in [0, 0.05) is 16.2 Å². The molecule has 132 valence electrons. The summed E-state index contributed by atoms with van der Waals surface area (Å²) < 4.78 is 29.1. The highest BCUT2D eigenvalue weighted by molar-refractivity contribution is 9.10. The van der Waals surface area contributed by atoms with Crippen LogP contribution in [0.15, 0.2) is 34.9 Å². The van der Waals surface area contributed by atoms with Crippen LogP contribution in [0.25, 0.3) is 0 Å². The number of nitrogens with zero attached hydrogens (tertiary/aromatic N) is 2. The molecule has 2 atom stereocenters. The Morgan fingerprint density at radius 3 is 2.68 bits per heavy atom. The monoisotopic (exact) mass is 410 g/mol. The van der Waals surface area contributed by atoms with Crippen molar-refractivity contribution in [2.24, 2.45) is 5.92 Å². The maximum Gasteiger partial charge on any atom is 0.261 e. The van der Waals surface area contributed by atoms with Crippen LogP contribution in [0.2, 0.25) is 0 Å². The van der Waals surface area contributed by atoms with Crippen molar-refractivity contribution in [1.29, 1.82) is 0 Å². The third kappa shape index (κ3) is 3.27. The van der Waals surface area contributed by atoms with Gasteiger partial charge in [0.05, 0.1) is 6.20 Å².